The third-order valence-corrected chi connectivity index (χ3v) is 2.62. The van der Waals surface area contributed by atoms with Crippen LogP contribution in [0.4, 0.5) is 0 Å². The minimum absolute atomic E-state index is 0. The van der Waals surface area contributed by atoms with Gasteiger partial charge >= 0.3 is 41.5 Å². The van der Waals surface area contributed by atoms with Gasteiger partial charge in [-0.2, -0.15) is 0 Å². The number of benzene rings is 2. The van der Waals surface area contributed by atoms with E-state index < -0.39 is 29.0 Å². The van der Waals surface area contributed by atoms with Gasteiger partial charge in [-0.25, -0.2) is 9.59 Å². The van der Waals surface area contributed by atoms with Crippen LogP contribution in [-0.2, 0) is 0 Å². The van der Waals surface area contributed by atoms with Gasteiger partial charge in [0.05, 0.1) is 0 Å². The van der Waals surface area contributed by atoms with Gasteiger partial charge in [0, 0.05) is 5.56 Å². The molecule has 0 fully saturated rings. The Morgan fingerprint density at radius 1 is 0.950 bits per heavy atom. The van der Waals surface area contributed by atoms with Crippen LogP contribution in [0, 0.1) is 6.07 Å². The molecule has 6 nitrogen and oxygen atoms in total. The van der Waals surface area contributed by atoms with E-state index in [2.05, 4.69) is 6.07 Å². The first-order chi connectivity index (χ1) is 8.91. The summed E-state index contributed by atoms with van der Waals surface area (Å²) in [6.45, 7) is 0. The smallest absolute Gasteiger partial charge is 0.485 e. The maximum atomic E-state index is 11.2. The Labute approximate surface area is 134 Å². The van der Waals surface area contributed by atoms with Gasteiger partial charge in [-0.05, 0) is 11.1 Å². The van der Waals surface area contributed by atoms with Gasteiger partial charge in [0.2, 0.25) is 0 Å². The zero-order valence-electron chi connectivity index (χ0n) is 10.4. The number of carboxylic acids is 3. The number of hydrogen-bond donors (Lipinski definition) is 3. The van der Waals surface area contributed by atoms with Crippen molar-refractivity contribution in [3.63, 3.8) is 0 Å². The molecule has 0 aliphatic heterocycles. The second-order valence-corrected chi connectivity index (χ2v) is 3.75. The summed E-state index contributed by atoms with van der Waals surface area (Å²) < 4.78 is 0. The van der Waals surface area contributed by atoms with Crippen LogP contribution in [0.5, 0.6) is 0 Å². The third-order valence-electron chi connectivity index (χ3n) is 2.62. The predicted molar refractivity (Wildman–Crippen MR) is 63.7 cm³/mol. The molecule has 0 radical (unpaired) electrons. The average Bonchev–Trinajstić information content (AvgIpc) is 2.35. The van der Waals surface area contributed by atoms with Gasteiger partial charge < -0.3 is 15.3 Å². The molecule has 2 aromatic carbocycles. The summed E-state index contributed by atoms with van der Waals surface area (Å²) in [6.07, 6.45) is 0. The quantitative estimate of drug-likeness (QED) is 0.478. The zero-order chi connectivity index (χ0) is 14.2. The number of carbonyl (C=O) groups is 3. The van der Waals surface area contributed by atoms with Crippen molar-refractivity contribution in [3.8, 4) is 0 Å². The Kier molecular flexibility index (Phi) is 4.88. The first-order valence-electron chi connectivity index (χ1n) is 5.10. The molecule has 0 saturated heterocycles. The monoisotopic (exact) mass is 282 g/mol. The van der Waals surface area contributed by atoms with E-state index in [0.29, 0.717) is 5.39 Å². The minimum Gasteiger partial charge on any atom is -0.485 e. The van der Waals surface area contributed by atoms with Gasteiger partial charge in [-0.3, -0.25) is 4.79 Å². The standard InChI is InChI=1S/C13H7O6.Na/c14-11(15)7-2-1-6-3-4-8(12(16)17)10(13(18)19)9(6)5-7;/h1-2,4-5H,(H,14,15)(H,16,17)(H,18,19);/q-1;+1. The van der Waals surface area contributed by atoms with E-state index in [1.165, 1.54) is 12.1 Å². The van der Waals surface area contributed by atoms with E-state index >= 15 is 0 Å². The molecule has 0 amide bonds. The molecule has 0 aromatic heterocycles. The Morgan fingerprint density at radius 3 is 2.10 bits per heavy atom. The molecule has 2 aromatic rings. The molecular weight excluding hydrogens is 275 g/mol. The summed E-state index contributed by atoms with van der Waals surface area (Å²) >= 11 is 0. The molecule has 3 N–H and O–H groups in total. The maximum absolute atomic E-state index is 11.2. The summed E-state index contributed by atoms with van der Waals surface area (Å²) in [6, 6.07) is 7.50. The average molecular weight is 282 g/mol. The fourth-order valence-electron chi connectivity index (χ4n) is 1.78. The molecular formula is C13H7NaO6. The number of rotatable bonds is 3. The molecule has 0 atom stereocenters. The van der Waals surface area contributed by atoms with Crippen LogP contribution in [0.2, 0.25) is 0 Å². The predicted octanol–water partition coefficient (Wildman–Crippen LogP) is -1.26. The summed E-state index contributed by atoms with van der Waals surface area (Å²) in [7, 11) is 0. The van der Waals surface area contributed by atoms with Crippen molar-refractivity contribution >= 4 is 28.7 Å². The largest absolute Gasteiger partial charge is 1.00 e. The SMILES string of the molecule is O=C(O)c1ccc2[c-]cc(C(=O)O)c(C(=O)O)c2c1.[Na+]. The van der Waals surface area contributed by atoms with Crippen LogP contribution in [0.3, 0.4) is 0 Å². The van der Waals surface area contributed by atoms with Gasteiger partial charge in [0.1, 0.15) is 0 Å². The second-order valence-electron chi connectivity index (χ2n) is 3.75. The normalized spacial score (nSPS) is 9.80. The van der Waals surface area contributed by atoms with Crippen LogP contribution in [0.1, 0.15) is 31.1 Å². The van der Waals surface area contributed by atoms with Gasteiger partial charge in [0.25, 0.3) is 5.97 Å². The maximum Gasteiger partial charge on any atom is 1.00 e. The van der Waals surface area contributed by atoms with Gasteiger partial charge in [-0.15, -0.1) is 23.6 Å². The van der Waals surface area contributed by atoms with E-state index in [9.17, 15) is 14.4 Å². The van der Waals surface area contributed by atoms with Crippen LogP contribution in [0.25, 0.3) is 10.8 Å². The molecule has 0 unspecified atom stereocenters. The Bertz CT molecular complexity index is 717. The molecule has 20 heavy (non-hydrogen) atoms. The molecule has 0 heterocycles. The van der Waals surface area contributed by atoms with E-state index in [1.54, 1.807) is 0 Å². The third kappa shape index (κ3) is 2.82. The van der Waals surface area contributed by atoms with Crippen LogP contribution in [-0.4, -0.2) is 33.2 Å². The Morgan fingerprint density at radius 2 is 1.60 bits per heavy atom. The number of carboxylic acid groups (broad SMARTS) is 3. The van der Waals surface area contributed by atoms with Crippen molar-refractivity contribution in [1.82, 2.24) is 0 Å². The summed E-state index contributed by atoms with van der Waals surface area (Å²) in [5.74, 6) is -4.06. The van der Waals surface area contributed by atoms with E-state index in [0.717, 1.165) is 12.1 Å². The number of hydrogen-bond acceptors (Lipinski definition) is 3. The van der Waals surface area contributed by atoms with Gasteiger partial charge in [0.15, 0.2) is 0 Å². The second kappa shape index (κ2) is 6.04. The molecule has 0 spiro atoms. The first kappa shape index (κ1) is 16.2. The molecule has 0 saturated carbocycles. The first-order valence-corrected chi connectivity index (χ1v) is 5.10. The summed E-state index contributed by atoms with van der Waals surface area (Å²) in [5, 5.41) is 27.3. The molecule has 2 rings (SSSR count). The number of fused-ring (bicyclic) bond motifs is 1. The Hall–Kier alpha value is -1.89. The van der Waals surface area contributed by atoms with Crippen LogP contribution in [0.15, 0.2) is 24.3 Å². The van der Waals surface area contributed by atoms with Crippen molar-refractivity contribution < 1.29 is 59.3 Å². The Balaban J connectivity index is 0.00000200. The van der Waals surface area contributed by atoms with Crippen molar-refractivity contribution in [2.75, 3.05) is 0 Å². The molecule has 0 aliphatic carbocycles. The fraction of sp³-hybridized carbons (Fsp3) is 0. The summed E-state index contributed by atoms with van der Waals surface area (Å²) in [5.41, 5.74) is -0.988. The van der Waals surface area contributed by atoms with Crippen molar-refractivity contribution in [2.24, 2.45) is 0 Å². The van der Waals surface area contributed by atoms with Crippen molar-refractivity contribution in [2.45, 2.75) is 0 Å². The molecule has 7 heteroatoms. The van der Waals surface area contributed by atoms with Crippen LogP contribution < -0.4 is 29.6 Å². The number of aromatic carboxylic acids is 3. The van der Waals surface area contributed by atoms with E-state index in [4.69, 9.17) is 15.3 Å². The van der Waals surface area contributed by atoms with Gasteiger partial charge in [-0.1, -0.05) is 17.5 Å². The van der Waals surface area contributed by atoms with Crippen LogP contribution >= 0.6 is 0 Å². The fourth-order valence-corrected chi connectivity index (χ4v) is 1.78. The van der Waals surface area contributed by atoms with E-state index in [1.807, 2.05) is 0 Å². The molecule has 0 bridgehead atoms. The topological polar surface area (TPSA) is 112 Å². The molecule has 0 aliphatic rings. The molecule has 96 valence electrons. The minimum atomic E-state index is -1.43. The van der Waals surface area contributed by atoms with Crippen molar-refractivity contribution in [1.29, 1.82) is 0 Å². The van der Waals surface area contributed by atoms with E-state index in [-0.39, 0.29) is 40.5 Å². The summed E-state index contributed by atoms with van der Waals surface area (Å²) in [4.78, 5) is 33.1. The van der Waals surface area contributed by atoms with Crippen molar-refractivity contribution in [3.05, 3.63) is 47.0 Å². The zero-order valence-corrected chi connectivity index (χ0v) is 12.4.